The second kappa shape index (κ2) is 8.40. The maximum atomic E-state index is 14.4. The van der Waals surface area contributed by atoms with Crippen molar-refractivity contribution in [3.63, 3.8) is 0 Å². The molecule has 6 nitrogen and oxygen atoms in total. The van der Waals surface area contributed by atoms with Gasteiger partial charge in [0.2, 0.25) is 0 Å². The summed E-state index contributed by atoms with van der Waals surface area (Å²) in [5.74, 6) is -2.03. The minimum absolute atomic E-state index is 0.0400. The van der Waals surface area contributed by atoms with Gasteiger partial charge in [-0.3, -0.25) is 9.59 Å². The van der Waals surface area contributed by atoms with Crippen LogP contribution in [0, 0.1) is 18.6 Å². The number of pyridine rings is 1. The number of benzene rings is 2. The Bertz CT molecular complexity index is 1130. The normalized spacial score (nSPS) is 12.0. The fraction of sp³-hybridized carbons (Fsp3) is 0.238. The molecule has 3 aromatic rings. The molecule has 152 valence electrons. The molecule has 3 rings (SSSR count). The Morgan fingerprint density at radius 3 is 2.62 bits per heavy atom. The van der Waals surface area contributed by atoms with Crippen LogP contribution in [-0.2, 0) is 0 Å². The molecule has 0 aliphatic rings. The van der Waals surface area contributed by atoms with Gasteiger partial charge in [-0.25, -0.2) is 13.5 Å². The van der Waals surface area contributed by atoms with Crippen LogP contribution in [0.5, 0.6) is 0 Å². The monoisotopic (exact) mass is 401 g/mol. The van der Waals surface area contributed by atoms with E-state index in [2.05, 4.69) is 10.7 Å². The number of aliphatic hydroxyl groups excluding tert-OH is 1. The molecule has 0 radical (unpaired) electrons. The number of carbonyl (C=O) groups is 1. The van der Waals surface area contributed by atoms with E-state index in [4.69, 9.17) is 0 Å². The minimum Gasteiger partial charge on any atom is -0.369 e. The molecular formula is C21H21F2N3O3. The lowest BCUT2D eigenvalue weighted by molar-refractivity contribution is 0.0783. The van der Waals surface area contributed by atoms with Gasteiger partial charge in [-0.1, -0.05) is 31.2 Å². The molecule has 2 aromatic carbocycles. The highest BCUT2D eigenvalue weighted by Gasteiger charge is 2.23. The zero-order valence-electron chi connectivity index (χ0n) is 16.0. The Labute approximate surface area is 165 Å². The van der Waals surface area contributed by atoms with Crippen LogP contribution < -0.4 is 16.3 Å². The summed E-state index contributed by atoms with van der Waals surface area (Å²) in [6.45, 7) is 3.89. The van der Waals surface area contributed by atoms with Crippen LogP contribution in [0.25, 0.3) is 10.8 Å². The number of nitrogens with zero attached hydrogens (tertiary/aromatic N) is 1. The van der Waals surface area contributed by atoms with Gasteiger partial charge in [-0.2, -0.15) is 0 Å². The summed E-state index contributed by atoms with van der Waals surface area (Å²) in [6, 6.07) is 9.20. The Morgan fingerprint density at radius 1 is 1.21 bits per heavy atom. The highest BCUT2D eigenvalue weighted by atomic mass is 19.1. The summed E-state index contributed by atoms with van der Waals surface area (Å²) in [6.07, 6.45) is -0.772. The molecule has 1 aromatic heterocycles. The fourth-order valence-electron chi connectivity index (χ4n) is 3.18. The van der Waals surface area contributed by atoms with Gasteiger partial charge in [0.25, 0.3) is 11.5 Å². The molecule has 0 unspecified atom stereocenters. The Morgan fingerprint density at radius 2 is 1.93 bits per heavy atom. The van der Waals surface area contributed by atoms with Crippen LogP contribution in [0.1, 0.15) is 41.2 Å². The lowest BCUT2D eigenvalue weighted by Crippen LogP contribution is -2.36. The number of aromatic nitrogens is 1. The van der Waals surface area contributed by atoms with Gasteiger partial charge in [0.1, 0.15) is 11.6 Å². The van der Waals surface area contributed by atoms with Gasteiger partial charge in [0.15, 0.2) is 6.23 Å². The molecule has 0 spiro atoms. The molecule has 1 amide bonds. The molecule has 1 atom stereocenters. The lowest BCUT2D eigenvalue weighted by Gasteiger charge is -2.20. The Hall–Kier alpha value is -3.26. The zero-order chi connectivity index (χ0) is 21.1. The number of rotatable bonds is 6. The van der Waals surface area contributed by atoms with Crippen molar-refractivity contribution in [2.75, 3.05) is 12.0 Å². The predicted molar refractivity (Wildman–Crippen MR) is 106 cm³/mol. The summed E-state index contributed by atoms with van der Waals surface area (Å²) in [7, 11) is 0. The lowest BCUT2D eigenvalue weighted by atomic mass is 10.0. The number of carbonyl (C=O) groups excluding carboxylic acids is 1. The van der Waals surface area contributed by atoms with Crippen molar-refractivity contribution in [2.24, 2.45) is 0 Å². The zero-order valence-corrected chi connectivity index (χ0v) is 16.0. The quantitative estimate of drug-likeness (QED) is 0.555. The van der Waals surface area contributed by atoms with Crippen molar-refractivity contribution in [3.05, 3.63) is 81.3 Å². The topological polar surface area (TPSA) is 83.4 Å². The smallest absolute Gasteiger partial charge is 0.279 e. The highest BCUT2D eigenvalue weighted by molar-refractivity contribution is 6.08. The summed E-state index contributed by atoms with van der Waals surface area (Å²) < 4.78 is 29.0. The molecule has 1 heterocycles. The SMILES string of the molecule is CCCNn1c(C)c(C(=O)N[C@@H](O)c2cccc(F)c2)c2cccc(F)c2c1=O. The number of aliphatic hydroxyl groups is 1. The van der Waals surface area contributed by atoms with Crippen molar-refractivity contribution in [2.45, 2.75) is 26.5 Å². The van der Waals surface area contributed by atoms with Crippen LogP contribution in [-0.4, -0.2) is 22.2 Å². The van der Waals surface area contributed by atoms with Crippen LogP contribution in [0.2, 0.25) is 0 Å². The first-order chi connectivity index (χ1) is 13.8. The maximum absolute atomic E-state index is 14.4. The van der Waals surface area contributed by atoms with E-state index >= 15 is 0 Å². The molecule has 0 saturated heterocycles. The van der Waals surface area contributed by atoms with Crippen molar-refractivity contribution in [3.8, 4) is 0 Å². The second-order valence-corrected chi connectivity index (χ2v) is 6.60. The first-order valence-electron chi connectivity index (χ1n) is 9.17. The fourth-order valence-corrected chi connectivity index (χ4v) is 3.18. The van der Waals surface area contributed by atoms with Crippen molar-refractivity contribution in [1.82, 2.24) is 9.99 Å². The van der Waals surface area contributed by atoms with Gasteiger partial charge in [-0.05, 0) is 31.5 Å². The van der Waals surface area contributed by atoms with Gasteiger partial charge >= 0.3 is 0 Å². The first kappa shape index (κ1) is 20.5. The summed E-state index contributed by atoms with van der Waals surface area (Å²) in [5.41, 5.74) is 2.74. The third kappa shape index (κ3) is 3.97. The molecular weight excluding hydrogens is 380 g/mol. The maximum Gasteiger partial charge on any atom is 0.279 e. The molecule has 0 aliphatic heterocycles. The van der Waals surface area contributed by atoms with Crippen molar-refractivity contribution in [1.29, 1.82) is 0 Å². The van der Waals surface area contributed by atoms with E-state index in [-0.39, 0.29) is 27.6 Å². The van der Waals surface area contributed by atoms with E-state index in [1.807, 2.05) is 6.92 Å². The average molecular weight is 401 g/mol. The van der Waals surface area contributed by atoms with Crippen LogP contribution in [0.4, 0.5) is 8.78 Å². The average Bonchev–Trinajstić information content (AvgIpc) is 2.67. The van der Waals surface area contributed by atoms with Gasteiger partial charge in [0.05, 0.1) is 16.6 Å². The Balaban J connectivity index is 2.11. The summed E-state index contributed by atoms with van der Waals surface area (Å²) >= 11 is 0. The van der Waals surface area contributed by atoms with Crippen LogP contribution >= 0.6 is 0 Å². The standard InChI is InChI=1S/C21H21F2N3O3/c1-3-10-24-26-12(2)17(15-8-5-9-16(23)18(15)21(26)29)20(28)25-19(27)13-6-4-7-14(22)11-13/h4-9,11,19,24,27H,3,10H2,1-2H3,(H,25,28)/t19-/m0/s1. The van der Waals surface area contributed by atoms with Crippen LogP contribution in [0.15, 0.2) is 47.3 Å². The molecule has 8 heteroatoms. The third-order valence-corrected chi connectivity index (χ3v) is 4.58. The van der Waals surface area contributed by atoms with Gasteiger partial charge < -0.3 is 15.8 Å². The molecule has 0 bridgehead atoms. The second-order valence-electron chi connectivity index (χ2n) is 6.60. The number of halogens is 2. The predicted octanol–water partition coefficient (Wildman–Crippen LogP) is 2.96. The van der Waals surface area contributed by atoms with Crippen LogP contribution in [0.3, 0.4) is 0 Å². The minimum atomic E-state index is -1.48. The van der Waals surface area contributed by atoms with E-state index in [1.165, 1.54) is 30.3 Å². The number of hydrogen-bond acceptors (Lipinski definition) is 4. The number of hydrogen-bond donors (Lipinski definition) is 3. The Kier molecular flexibility index (Phi) is 5.93. The van der Waals surface area contributed by atoms with E-state index in [9.17, 15) is 23.5 Å². The highest BCUT2D eigenvalue weighted by Crippen LogP contribution is 2.22. The first-order valence-corrected chi connectivity index (χ1v) is 9.17. The van der Waals surface area contributed by atoms with E-state index in [0.717, 1.165) is 16.8 Å². The van der Waals surface area contributed by atoms with Gasteiger partial charge in [-0.15, -0.1) is 0 Å². The van der Waals surface area contributed by atoms with E-state index in [0.29, 0.717) is 13.0 Å². The summed E-state index contributed by atoms with van der Waals surface area (Å²) in [4.78, 5) is 25.7. The number of fused-ring (bicyclic) bond motifs is 1. The van der Waals surface area contributed by atoms with E-state index < -0.39 is 29.3 Å². The molecule has 0 saturated carbocycles. The van der Waals surface area contributed by atoms with Crippen molar-refractivity contribution >= 4 is 16.7 Å². The van der Waals surface area contributed by atoms with Crippen molar-refractivity contribution < 1.29 is 18.7 Å². The largest absolute Gasteiger partial charge is 0.369 e. The molecule has 3 N–H and O–H groups in total. The molecule has 0 aliphatic carbocycles. The number of amides is 1. The number of nitrogens with one attached hydrogen (secondary N) is 2. The van der Waals surface area contributed by atoms with E-state index in [1.54, 1.807) is 6.92 Å². The summed E-state index contributed by atoms with van der Waals surface area (Å²) in [5, 5.41) is 12.6. The third-order valence-electron chi connectivity index (χ3n) is 4.58. The van der Waals surface area contributed by atoms with Gasteiger partial charge in [0, 0.05) is 17.5 Å². The molecule has 0 fully saturated rings. The molecule has 29 heavy (non-hydrogen) atoms.